The van der Waals surface area contributed by atoms with Crippen LogP contribution < -0.4 is 19.1 Å². The quantitative estimate of drug-likeness (QED) is 0.486. The van der Waals surface area contributed by atoms with Crippen molar-refractivity contribution in [2.24, 2.45) is 0 Å². The van der Waals surface area contributed by atoms with E-state index in [4.69, 9.17) is 4.74 Å². The minimum Gasteiger partial charge on any atom is -0.487 e. The van der Waals surface area contributed by atoms with Crippen LogP contribution in [0.3, 0.4) is 0 Å². The number of fused-ring (bicyclic) bond motifs is 2. The van der Waals surface area contributed by atoms with Gasteiger partial charge in [0, 0.05) is 11.3 Å². The standard InChI is InChI=1S/C26H25F3N2O5S/c27-26(28,29)36-18-12-14-19(15-13-18)37(33,34)30-20-7-5-10-23(25(20)32)31-21-8-2-1-6-17(21)16-35-24-11-4-3-9-22(24)31/h1-4,6,8-9,11-15,20,23,25,30,32H,5,7,10,16H2/t20-,23+,25+/m1/s1. The Morgan fingerprint density at radius 3 is 2.35 bits per heavy atom. The van der Waals surface area contributed by atoms with E-state index in [-0.39, 0.29) is 4.90 Å². The molecule has 0 aromatic heterocycles. The molecule has 3 atom stereocenters. The summed E-state index contributed by atoms with van der Waals surface area (Å²) < 4.78 is 75.8. The Hall–Kier alpha value is -3.28. The third-order valence-electron chi connectivity index (χ3n) is 6.59. The van der Waals surface area contributed by atoms with Crippen LogP contribution in [0.2, 0.25) is 0 Å². The van der Waals surface area contributed by atoms with Gasteiger partial charge in [0.15, 0.2) is 0 Å². The molecule has 196 valence electrons. The topological polar surface area (TPSA) is 88.1 Å². The van der Waals surface area contributed by atoms with Gasteiger partial charge in [0.1, 0.15) is 18.1 Å². The van der Waals surface area contributed by atoms with Crippen LogP contribution in [0.15, 0.2) is 77.7 Å². The molecule has 0 bridgehead atoms. The van der Waals surface area contributed by atoms with E-state index < -0.39 is 40.3 Å². The third-order valence-corrected chi connectivity index (χ3v) is 8.09. The first-order valence-corrected chi connectivity index (χ1v) is 13.3. The van der Waals surface area contributed by atoms with Gasteiger partial charge in [-0.05, 0) is 61.7 Å². The second kappa shape index (κ2) is 9.88. The van der Waals surface area contributed by atoms with E-state index >= 15 is 0 Å². The van der Waals surface area contributed by atoms with Crippen LogP contribution in [0.5, 0.6) is 11.5 Å². The molecule has 5 rings (SSSR count). The van der Waals surface area contributed by atoms with Crippen molar-refractivity contribution in [2.75, 3.05) is 4.90 Å². The highest BCUT2D eigenvalue weighted by atomic mass is 32.2. The van der Waals surface area contributed by atoms with Crippen LogP contribution in [-0.2, 0) is 16.6 Å². The molecule has 11 heteroatoms. The Labute approximate surface area is 212 Å². The molecule has 0 amide bonds. The minimum absolute atomic E-state index is 0.227. The zero-order valence-corrected chi connectivity index (χ0v) is 20.4. The minimum atomic E-state index is -4.88. The summed E-state index contributed by atoms with van der Waals surface area (Å²) in [5.41, 5.74) is 2.59. The Morgan fingerprint density at radius 1 is 0.946 bits per heavy atom. The summed E-state index contributed by atoms with van der Waals surface area (Å²) in [5, 5.41) is 11.5. The number of halogens is 3. The molecule has 1 heterocycles. The summed E-state index contributed by atoms with van der Waals surface area (Å²) in [5.74, 6) is 0.139. The van der Waals surface area contributed by atoms with E-state index in [2.05, 4.69) is 9.46 Å². The van der Waals surface area contributed by atoms with Gasteiger partial charge >= 0.3 is 6.36 Å². The highest BCUT2D eigenvalue weighted by molar-refractivity contribution is 7.89. The second-order valence-electron chi connectivity index (χ2n) is 8.99. The molecule has 3 aromatic rings. The molecule has 7 nitrogen and oxygen atoms in total. The highest BCUT2D eigenvalue weighted by Crippen LogP contribution is 2.43. The number of alkyl halides is 3. The van der Waals surface area contributed by atoms with Gasteiger partial charge in [0.05, 0.1) is 28.8 Å². The van der Waals surface area contributed by atoms with E-state index in [1.165, 1.54) is 0 Å². The number of anilines is 2. The van der Waals surface area contributed by atoms with E-state index in [1.54, 1.807) is 0 Å². The third kappa shape index (κ3) is 5.39. The smallest absolute Gasteiger partial charge is 0.487 e. The number of benzene rings is 3. The molecule has 1 aliphatic carbocycles. The van der Waals surface area contributed by atoms with Crippen molar-refractivity contribution in [3.63, 3.8) is 0 Å². The summed E-state index contributed by atoms with van der Waals surface area (Å²) in [6, 6.07) is 17.9. The fraction of sp³-hybridized carbons (Fsp3) is 0.308. The van der Waals surface area contributed by atoms with E-state index in [0.717, 1.165) is 41.2 Å². The van der Waals surface area contributed by atoms with Crippen molar-refractivity contribution < 1.29 is 36.2 Å². The van der Waals surface area contributed by atoms with Crippen molar-refractivity contribution in [1.29, 1.82) is 0 Å². The van der Waals surface area contributed by atoms with Gasteiger partial charge in [-0.2, -0.15) is 0 Å². The van der Waals surface area contributed by atoms with E-state index in [9.17, 15) is 26.7 Å². The molecule has 0 radical (unpaired) electrons. The molecule has 3 aromatic carbocycles. The van der Waals surface area contributed by atoms with Crippen LogP contribution in [0.1, 0.15) is 24.8 Å². The van der Waals surface area contributed by atoms with Gasteiger partial charge in [0.25, 0.3) is 0 Å². The van der Waals surface area contributed by atoms with Gasteiger partial charge < -0.3 is 19.5 Å². The van der Waals surface area contributed by atoms with Crippen molar-refractivity contribution >= 4 is 21.4 Å². The molecule has 0 unspecified atom stereocenters. The van der Waals surface area contributed by atoms with Gasteiger partial charge in [0.2, 0.25) is 10.0 Å². The summed E-state index contributed by atoms with van der Waals surface area (Å²) in [6.07, 6.45) is -4.29. The second-order valence-corrected chi connectivity index (χ2v) is 10.7. The Kier molecular flexibility index (Phi) is 6.78. The van der Waals surface area contributed by atoms with Crippen molar-refractivity contribution in [1.82, 2.24) is 4.72 Å². The van der Waals surface area contributed by atoms with Crippen molar-refractivity contribution in [3.8, 4) is 11.5 Å². The summed E-state index contributed by atoms with van der Waals surface area (Å²) >= 11 is 0. The molecule has 1 saturated carbocycles. The maximum Gasteiger partial charge on any atom is 0.573 e. The van der Waals surface area contributed by atoms with Crippen molar-refractivity contribution in [2.45, 2.75) is 55.3 Å². The SMILES string of the molecule is O=S(=O)(N[C@@H]1CCC[C@H](N2c3ccccc3COc3ccccc32)[C@H]1O)c1ccc(OC(F)(F)F)cc1. The lowest BCUT2D eigenvalue weighted by atomic mass is 9.86. The molecule has 37 heavy (non-hydrogen) atoms. The average molecular weight is 535 g/mol. The Balaban J connectivity index is 1.41. The lowest BCUT2D eigenvalue weighted by molar-refractivity contribution is -0.274. The van der Waals surface area contributed by atoms with E-state index in [0.29, 0.717) is 31.6 Å². The van der Waals surface area contributed by atoms with Gasteiger partial charge in [-0.15, -0.1) is 13.2 Å². The largest absolute Gasteiger partial charge is 0.573 e. The molecule has 0 saturated heterocycles. The van der Waals surface area contributed by atoms with Gasteiger partial charge in [-0.25, -0.2) is 13.1 Å². The molecule has 0 spiro atoms. The first kappa shape index (κ1) is 25.4. The van der Waals surface area contributed by atoms with E-state index in [1.807, 2.05) is 53.4 Å². The maximum atomic E-state index is 13.1. The maximum absolute atomic E-state index is 13.1. The number of ether oxygens (including phenoxy) is 2. The molecule has 1 aliphatic heterocycles. The molecular weight excluding hydrogens is 509 g/mol. The molecular formula is C26H25F3N2O5S. The molecule has 2 aliphatic rings. The Bertz CT molecular complexity index is 1320. The number of hydrogen-bond donors (Lipinski definition) is 2. The number of nitrogens with one attached hydrogen (secondary N) is 1. The number of nitrogens with zero attached hydrogens (tertiary/aromatic N) is 1. The Morgan fingerprint density at radius 2 is 1.62 bits per heavy atom. The predicted octanol–water partition coefficient (Wildman–Crippen LogP) is 4.88. The number of sulfonamides is 1. The zero-order chi connectivity index (χ0) is 26.2. The first-order chi connectivity index (χ1) is 17.6. The molecule has 1 fully saturated rings. The zero-order valence-electron chi connectivity index (χ0n) is 19.6. The number of para-hydroxylation sites is 3. The van der Waals surface area contributed by atoms with Crippen molar-refractivity contribution in [3.05, 3.63) is 78.4 Å². The highest BCUT2D eigenvalue weighted by Gasteiger charge is 2.40. The number of rotatable bonds is 5. The monoisotopic (exact) mass is 534 g/mol. The van der Waals surface area contributed by atoms with Crippen LogP contribution in [-0.4, -0.2) is 38.1 Å². The predicted molar refractivity (Wildman–Crippen MR) is 130 cm³/mol. The summed E-state index contributed by atoms with van der Waals surface area (Å²) in [4.78, 5) is 1.79. The lowest BCUT2D eigenvalue weighted by Gasteiger charge is -2.42. The summed E-state index contributed by atoms with van der Waals surface area (Å²) in [7, 11) is -4.13. The van der Waals surface area contributed by atoms with Crippen LogP contribution >= 0.6 is 0 Å². The summed E-state index contributed by atoms with van der Waals surface area (Å²) in [6.45, 7) is 0.358. The molecule has 2 N–H and O–H groups in total. The number of hydrogen-bond acceptors (Lipinski definition) is 6. The normalized spacial score (nSPS) is 21.8. The first-order valence-electron chi connectivity index (χ1n) is 11.8. The fourth-order valence-electron chi connectivity index (χ4n) is 4.94. The van der Waals surface area contributed by atoms with Crippen LogP contribution in [0, 0.1) is 0 Å². The lowest BCUT2D eigenvalue weighted by Crippen LogP contribution is -2.55. The number of aliphatic hydroxyl groups is 1. The average Bonchev–Trinajstić information content (AvgIpc) is 3.02. The van der Waals surface area contributed by atoms with Gasteiger partial charge in [-0.3, -0.25) is 0 Å². The fourth-order valence-corrected chi connectivity index (χ4v) is 6.23. The van der Waals surface area contributed by atoms with Crippen LogP contribution in [0.25, 0.3) is 0 Å². The van der Waals surface area contributed by atoms with Crippen LogP contribution in [0.4, 0.5) is 24.5 Å². The number of aliphatic hydroxyl groups excluding tert-OH is 1. The van der Waals surface area contributed by atoms with Gasteiger partial charge in [-0.1, -0.05) is 30.3 Å².